The molecule has 5 rings (SSSR count). The molecule has 0 aliphatic carbocycles. The maximum atomic E-state index is 11.7. The van der Waals surface area contributed by atoms with Crippen molar-refractivity contribution in [3.8, 4) is 22.8 Å². The fraction of sp³-hybridized carbons (Fsp3) is 0.522. The Hall–Kier alpha value is -3.01. The van der Waals surface area contributed by atoms with E-state index >= 15 is 0 Å². The van der Waals surface area contributed by atoms with Gasteiger partial charge in [0.1, 0.15) is 5.75 Å². The SMILES string of the molecule is CC(C)Cc1ccc2c(CC(C)(C)C)c3c([c-]c2c1)-c1nccc2cc(CC(C)(C)C)cc(c12)O3.CCC(CC)C(=O)/C=C(\O)C(CC)CC.[Ir]. The molecule has 279 valence electrons. The van der Waals surface area contributed by atoms with Crippen LogP contribution in [-0.2, 0) is 44.2 Å². The molecule has 1 aliphatic rings. The molecule has 1 radical (unpaired) electrons. The van der Waals surface area contributed by atoms with Gasteiger partial charge in [0, 0.05) is 55.3 Å². The third-order valence-electron chi connectivity index (χ3n) is 9.67. The topological polar surface area (TPSA) is 59.4 Å². The van der Waals surface area contributed by atoms with Crippen LogP contribution in [0.5, 0.6) is 11.5 Å². The van der Waals surface area contributed by atoms with Crippen LogP contribution in [0.3, 0.4) is 0 Å². The Labute approximate surface area is 322 Å². The van der Waals surface area contributed by atoms with Gasteiger partial charge in [0.25, 0.3) is 0 Å². The molecule has 0 fully saturated rings. The smallest absolute Gasteiger partial charge is 0.162 e. The molecule has 0 spiro atoms. The van der Waals surface area contributed by atoms with E-state index in [9.17, 15) is 9.90 Å². The molecule has 0 bridgehead atoms. The van der Waals surface area contributed by atoms with Gasteiger partial charge in [0.05, 0.1) is 11.5 Å². The fourth-order valence-electron chi connectivity index (χ4n) is 7.22. The molecule has 51 heavy (non-hydrogen) atoms. The predicted octanol–water partition coefficient (Wildman–Crippen LogP) is 13.2. The summed E-state index contributed by atoms with van der Waals surface area (Å²) in [6.07, 6.45) is 9.84. The normalized spacial score (nSPS) is 12.9. The first-order valence-electron chi connectivity index (χ1n) is 19.0. The average Bonchev–Trinajstić information content (AvgIpc) is 3.01. The van der Waals surface area contributed by atoms with Crippen LogP contribution in [0.15, 0.2) is 54.4 Å². The van der Waals surface area contributed by atoms with E-state index in [0.29, 0.717) is 5.92 Å². The van der Waals surface area contributed by atoms with Crippen LogP contribution in [0.1, 0.15) is 125 Å². The van der Waals surface area contributed by atoms with Gasteiger partial charge in [-0.1, -0.05) is 123 Å². The average molecular weight is 869 g/mol. The maximum absolute atomic E-state index is 11.7. The molecule has 0 unspecified atom stereocenters. The number of aromatic nitrogens is 1. The van der Waals surface area contributed by atoms with Crippen molar-refractivity contribution >= 4 is 27.3 Å². The Bertz CT molecular complexity index is 1830. The minimum absolute atomic E-state index is 0. The Balaban J connectivity index is 0.000000374. The third kappa shape index (κ3) is 10.8. The van der Waals surface area contributed by atoms with Gasteiger partial charge in [-0.3, -0.25) is 9.78 Å². The molecule has 0 amide bonds. The van der Waals surface area contributed by atoms with Crippen LogP contribution < -0.4 is 4.74 Å². The zero-order valence-electron chi connectivity index (χ0n) is 33.3. The minimum Gasteiger partial charge on any atom is -0.512 e. The molecule has 0 saturated heterocycles. The van der Waals surface area contributed by atoms with Crippen molar-refractivity contribution in [1.29, 1.82) is 0 Å². The van der Waals surface area contributed by atoms with Gasteiger partial charge in [0.2, 0.25) is 0 Å². The van der Waals surface area contributed by atoms with Crippen molar-refractivity contribution in [3.05, 3.63) is 77.2 Å². The van der Waals surface area contributed by atoms with Gasteiger partial charge < -0.3 is 9.84 Å². The monoisotopic (exact) mass is 869 g/mol. The van der Waals surface area contributed by atoms with E-state index in [1.54, 1.807) is 0 Å². The van der Waals surface area contributed by atoms with E-state index in [0.717, 1.165) is 78.5 Å². The van der Waals surface area contributed by atoms with Gasteiger partial charge in [-0.25, -0.2) is 0 Å². The number of allylic oxidation sites excluding steroid dienone is 2. The van der Waals surface area contributed by atoms with Crippen molar-refractivity contribution in [2.45, 2.75) is 128 Å². The number of nitrogens with zero attached hydrogens (tertiary/aromatic N) is 1. The molecule has 1 aromatic heterocycles. The summed E-state index contributed by atoms with van der Waals surface area (Å²) in [4.78, 5) is 16.6. The standard InChI is InChI=1S/C33H38NO.C13H24O2.Ir/c1-20(2)13-21-9-10-25-24(14-21)17-26-30-29-23(11-12-34-30)15-22(18-32(3,4)5)16-28(29)35-31(26)27(25)19-33(6,7)8;1-5-10(6-2)12(14)9-13(15)11(7-3)8-4;/h9-12,14-16,20H,13,18-19H2,1-8H3;9-11,14H,5-8H2,1-4H3;/q-1;;/b;12-9-;. The number of ketones is 1. The first-order chi connectivity index (χ1) is 23.5. The van der Waals surface area contributed by atoms with Crippen LogP contribution in [-0.4, -0.2) is 15.9 Å². The number of carbonyl (C=O) groups excluding carboxylic acids is 1. The van der Waals surface area contributed by atoms with Gasteiger partial charge in [0.15, 0.2) is 5.78 Å². The van der Waals surface area contributed by atoms with Crippen LogP contribution in [0, 0.1) is 34.7 Å². The Kier molecular flexibility index (Phi) is 14.7. The summed E-state index contributed by atoms with van der Waals surface area (Å²) in [5.41, 5.74) is 6.25. The molecule has 1 aliphatic heterocycles. The van der Waals surface area contributed by atoms with Gasteiger partial charge in [-0.15, -0.1) is 17.5 Å². The van der Waals surface area contributed by atoms with Crippen LogP contribution in [0.2, 0.25) is 0 Å². The molecule has 4 aromatic rings. The number of fused-ring (bicyclic) bond motifs is 3. The number of carbonyl (C=O) groups is 1. The fourth-order valence-corrected chi connectivity index (χ4v) is 7.22. The Morgan fingerprint density at radius 1 is 0.863 bits per heavy atom. The van der Waals surface area contributed by atoms with E-state index in [4.69, 9.17) is 9.72 Å². The summed E-state index contributed by atoms with van der Waals surface area (Å²) in [6.45, 7) is 26.4. The summed E-state index contributed by atoms with van der Waals surface area (Å²) in [7, 11) is 0. The number of hydrogen-bond acceptors (Lipinski definition) is 4. The molecule has 3 aromatic carbocycles. The number of pyridine rings is 1. The zero-order chi connectivity index (χ0) is 37.0. The number of rotatable bonds is 11. The Morgan fingerprint density at radius 3 is 2.06 bits per heavy atom. The molecular formula is C46H62IrNO3-. The van der Waals surface area contributed by atoms with E-state index in [1.807, 2.05) is 33.9 Å². The quantitative estimate of drug-likeness (QED) is 0.0816. The number of aliphatic hydroxyl groups is 1. The molecule has 5 heteroatoms. The van der Waals surface area contributed by atoms with Crippen molar-refractivity contribution < 1.29 is 34.7 Å². The van der Waals surface area contributed by atoms with E-state index in [2.05, 4.69) is 97.9 Å². The predicted molar refractivity (Wildman–Crippen MR) is 212 cm³/mol. The second-order valence-corrected chi connectivity index (χ2v) is 17.2. The van der Waals surface area contributed by atoms with Crippen LogP contribution in [0.25, 0.3) is 32.8 Å². The summed E-state index contributed by atoms with van der Waals surface area (Å²) in [6, 6.07) is 17.3. The molecular weight excluding hydrogens is 807 g/mol. The number of hydrogen-bond donors (Lipinski definition) is 1. The van der Waals surface area contributed by atoms with Crippen molar-refractivity contribution in [2.24, 2.45) is 28.6 Å². The first kappa shape index (κ1) is 42.4. The van der Waals surface area contributed by atoms with E-state index < -0.39 is 0 Å². The molecule has 0 atom stereocenters. The number of ether oxygens (including phenoxy) is 1. The van der Waals surface area contributed by atoms with Crippen LogP contribution in [0.4, 0.5) is 0 Å². The van der Waals surface area contributed by atoms with E-state index in [1.165, 1.54) is 33.5 Å². The number of benzene rings is 3. The second kappa shape index (κ2) is 17.7. The molecule has 0 saturated carbocycles. The van der Waals surface area contributed by atoms with Crippen molar-refractivity contribution in [2.75, 3.05) is 0 Å². The maximum Gasteiger partial charge on any atom is 0.162 e. The summed E-state index contributed by atoms with van der Waals surface area (Å²) in [5.74, 6) is 3.03. The Morgan fingerprint density at radius 2 is 1.49 bits per heavy atom. The van der Waals surface area contributed by atoms with Crippen LogP contribution >= 0.6 is 0 Å². The first-order valence-corrected chi connectivity index (χ1v) is 19.0. The minimum atomic E-state index is 0. The van der Waals surface area contributed by atoms with E-state index in [-0.39, 0.29) is 54.3 Å². The second-order valence-electron chi connectivity index (χ2n) is 17.2. The summed E-state index contributed by atoms with van der Waals surface area (Å²) in [5, 5.41) is 14.5. The van der Waals surface area contributed by atoms with Gasteiger partial charge >= 0.3 is 0 Å². The summed E-state index contributed by atoms with van der Waals surface area (Å²) < 4.78 is 6.81. The number of aliphatic hydroxyl groups excluding tert-OH is 1. The molecule has 1 N–H and O–H groups in total. The zero-order valence-corrected chi connectivity index (χ0v) is 35.7. The van der Waals surface area contributed by atoms with Gasteiger partial charge in [-0.05, 0) is 84.8 Å². The summed E-state index contributed by atoms with van der Waals surface area (Å²) >= 11 is 0. The van der Waals surface area contributed by atoms with Crippen molar-refractivity contribution in [1.82, 2.24) is 4.98 Å². The largest absolute Gasteiger partial charge is 0.512 e. The molecule has 2 heterocycles. The third-order valence-corrected chi connectivity index (χ3v) is 9.67. The van der Waals surface area contributed by atoms with Gasteiger partial charge in [-0.2, -0.15) is 0 Å². The molecule has 4 nitrogen and oxygen atoms in total. The van der Waals surface area contributed by atoms with Crippen molar-refractivity contribution in [3.63, 3.8) is 0 Å².